The Balaban J connectivity index is 2.87. The largest absolute Gasteiger partial charge is 0.512 e. The number of carbonyl (C=O) groups is 2. The van der Waals surface area contributed by atoms with E-state index in [1.807, 2.05) is 0 Å². The van der Waals surface area contributed by atoms with E-state index < -0.39 is 12.1 Å². The Labute approximate surface area is 93.1 Å². The molecule has 0 aliphatic carbocycles. The number of rotatable bonds is 2. The average Bonchev–Trinajstić information content (AvgIpc) is 2.17. The van der Waals surface area contributed by atoms with E-state index >= 15 is 0 Å². The van der Waals surface area contributed by atoms with Crippen molar-refractivity contribution < 1.29 is 24.5 Å². The van der Waals surface area contributed by atoms with Crippen LogP contribution in [0.2, 0.25) is 0 Å². The van der Waals surface area contributed by atoms with Crippen LogP contribution < -0.4 is 0 Å². The summed E-state index contributed by atoms with van der Waals surface area (Å²) in [6, 6.07) is -0.337. The number of ether oxygens (including phenoxy) is 1. The van der Waals surface area contributed by atoms with Crippen molar-refractivity contribution in [2.75, 3.05) is 13.2 Å². The third kappa shape index (κ3) is 2.44. The zero-order chi connectivity index (χ0) is 12.3. The molecule has 0 fully saturated rings. The van der Waals surface area contributed by atoms with Gasteiger partial charge >= 0.3 is 12.1 Å². The molecule has 0 radical (unpaired) electrons. The molecule has 6 heteroatoms. The smallest absolute Gasteiger partial charge is 0.407 e. The summed E-state index contributed by atoms with van der Waals surface area (Å²) in [5.74, 6) is -0.735. The number of carbonyl (C=O) groups excluding carboxylic acids is 1. The monoisotopic (exact) mass is 229 g/mol. The van der Waals surface area contributed by atoms with E-state index in [9.17, 15) is 14.7 Å². The van der Waals surface area contributed by atoms with Gasteiger partial charge < -0.3 is 19.8 Å². The Kier molecular flexibility index (Phi) is 3.76. The topological polar surface area (TPSA) is 87.1 Å². The molecule has 1 heterocycles. The maximum atomic E-state index is 11.4. The Morgan fingerprint density at radius 1 is 1.56 bits per heavy atom. The highest BCUT2D eigenvalue weighted by Gasteiger charge is 2.31. The van der Waals surface area contributed by atoms with Gasteiger partial charge in [0.15, 0.2) is 0 Å². The lowest BCUT2D eigenvalue weighted by atomic mass is 10.0. The molecule has 0 bridgehead atoms. The van der Waals surface area contributed by atoms with E-state index in [-0.39, 0.29) is 36.9 Å². The maximum Gasteiger partial charge on any atom is 0.407 e. The number of nitrogens with zero attached hydrogens (tertiary/aromatic N) is 1. The van der Waals surface area contributed by atoms with Crippen LogP contribution in [0.4, 0.5) is 4.79 Å². The van der Waals surface area contributed by atoms with Crippen LogP contribution in [0.1, 0.15) is 20.3 Å². The minimum Gasteiger partial charge on any atom is -0.512 e. The molecule has 0 saturated heterocycles. The van der Waals surface area contributed by atoms with Gasteiger partial charge in [0.05, 0.1) is 18.7 Å². The molecule has 2 N–H and O–H groups in total. The molecule has 1 aliphatic heterocycles. The zero-order valence-corrected chi connectivity index (χ0v) is 9.27. The molecule has 1 unspecified atom stereocenters. The molecular formula is C10H15NO5. The molecule has 0 spiro atoms. The molecule has 1 rings (SSSR count). The van der Waals surface area contributed by atoms with Crippen molar-refractivity contribution in [1.29, 1.82) is 0 Å². The van der Waals surface area contributed by atoms with Gasteiger partial charge in [0, 0.05) is 12.5 Å². The van der Waals surface area contributed by atoms with E-state index in [1.54, 1.807) is 13.8 Å². The predicted octanol–water partition coefficient (Wildman–Crippen LogP) is 1.13. The SMILES string of the molecule is CCOC(=O)C1=C(O)CC(C)N(C(=O)O)C1. The summed E-state index contributed by atoms with van der Waals surface area (Å²) in [5, 5.41) is 18.5. The number of esters is 1. The van der Waals surface area contributed by atoms with Crippen molar-refractivity contribution in [2.24, 2.45) is 0 Å². The van der Waals surface area contributed by atoms with Crippen LogP contribution in [0.15, 0.2) is 11.3 Å². The maximum absolute atomic E-state index is 11.4. The third-order valence-electron chi connectivity index (χ3n) is 2.47. The molecule has 0 aromatic heterocycles. The summed E-state index contributed by atoms with van der Waals surface area (Å²) in [7, 11) is 0. The lowest BCUT2D eigenvalue weighted by Crippen LogP contribution is -2.44. The van der Waals surface area contributed by atoms with Crippen LogP contribution in [0.25, 0.3) is 0 Å². The van der Waals surface area contributed by atoms with E-state index in [1.165, 1.54) is 0 Å². The summed E-state index contributed by atoms with van der Waals surface area (Å²) in [6.45, 7) is 3.39. The van der Waals surface area contributed by atoms with E-state index in [4.69, 9.17) is 9.84 Å². The van der Waals surface area contributed by atoms with Gasteiger partial charge in [-0.25, -0.2) is 9.59 Å². The normalized spacial score (nSPS) is 20.9. The Morgan fingerprint density at radius 3 is 2.69 bits per heavy atom. The third-order valence-corrected chi connectivity index (χ3v) is 2.47. The minimum atomic E-state index is -1.11. The number of aliphatic hydroxyl groups is 1. The molecule has 1 amide bonds. The lowest BCUT2D eigenvalue weighted by Gasteiger charge is -2.31. The molecule has 0 saturated carbocycles. The highest BCUT2D eigenvalue weighted by molar-refractivity contribution is 5.90. The number of amides is 1. The minimum absolute atomic E-state index is 0.0300. The Bertz CT molecular complexity index is 336. The highest BCUT2D eigenvalue weighted by Crippen LogP contribution is 2.22. The van der Waals surface area contributed by atoms with Gasteiger partial charge in [-0.2, -0.15) is 0 Å². The Hall–Kier alpha value is -1.72. The first-order valence-corrected chi connectivity index (χ1v) is 5.05. The van der Waals surface area contributed by atoms with Gasteiger partial charge in [0.2, 0.25) is 0 Å². The fourth-order valence-electron chi connectivity index (χ4n) is 1.59. The van der Waals surface area contributed by atoms with Gasteiger partial charge in [0.1, 0.15) is 5.76 Å². The second-order valence-electron chi connectivity index (χ2n) is 3.61. The van der Waals surface area contributed by atoms with Gasteiger partial charge in [-0.3, -0.25) is 0 Å². The van der Waals surface area contributed by atoms with Gasteiger partial charge in [-0.15, -0.1) is 0 Å². The predicted molar refractivity (Wildman–Crippen MR) is 55.1 cm³/mol. The summed E-state index contributed by atoms with van der Waals surface area (Å²) < 4.78 is 4.74. The number of carboxylic acid groups (broad SMARTS) is 1. The van der Waals surface area contributed by atoms with Crippen molar-refractivity contribution in [3.05, 3.63) is 11.3 Å². The van der Waals surface area contributed by atoms with Gasteiger partial charge in [0.25, 0.3) is 0 Å². The first-order valence-electron chi connectivity index (χ1n) is 5.05. The van der Waals surface area contributed by atoms with Crippen molar-refractivity contribution in [3.8, 4) is 0 Å². The molecule has 90 valence electrons. The number of hydrogen-bond donors (Lipinski definition) is 2. The molecule has 1 aliphatic rings. The fourth-order valence-corrected chi connectivity index (χ4v) is 1.59. The second-order valence-corrected chi connectivity index (χ2v) is 3.61. The van der Waals surface area contributed by atoms with Crippen LogP contribution in [-0.2, 0) is 9.53 Å². The number of aliphatic hydroxyl groups excluding tert-OH is 1. The van der Waals surface area contributed by atoms with E-state index in [0.717, 1.165) is 4.90 Å². The molecule has 0 aromatic carbocycles. The standard InChI is InChI=1S/C10H15NO5/c1-3-16-9(13)7-5-11(10(14)15)6(2)4-8(7)12/h6,12H,3-5H2,1-2H3,(H,14,15). The van der Waals surface area contributed by atoms with Crippen molar-refractivity contribution in [1.82, 2.24) is 4.90 Å². The van der Waals surface area contributed by atoms with Crippen molar-refractivity contribution >= 4 is 12.1 Å². The Morgan fingerprint density at radius 2 is 2.19 bits per heavy atom. The summed E-state index contributed by atoms with van der Waals surface area (Å²) in [6.07, 6.45) is -0.970. The van der Waals surface area contributed by atoms with Crippen LogP contribution in [0.5, 0.6) is 0 Å². The first kappa shape index (κ1) is 12.4. The first-order chi connectivity index (χ1) is 7.47. The molecule has 0 aromatic rings. The molecule has 6 nitrogen and oxygen atoms in total. The second kappa shape index (κ2) is 4.87. The van der Waals surface area contributed by atoms with Gasteiger partial charge in [-0.05, 0) is 13.8 Å². The van der Waals surface area contributed by atoms with E-state index in [0.29, 0.717) is 0 Å². The summed E-state index contributed by atoms with van der Waals surface area (Å²) in [5.41, 5.74) is 0.0300. The molecule has 1 atom stereocenters. The zero-order valence-electron chi connectivity index (χ0n) is 9.27. The van der Waals surface area contributed by atoms with Crippen molar-refractivity contribution in [2.45, 2.75) is 26.3 Å². The molecular weight excluding hydrogens is 214 g/mol. The van der Waals surface area contributed by atoms with Crippen LogP contribution >= 0.6 is 0 Å². The number of hydrogen-bond acceptors (Lipinski definition) is 4. The van der Waals surface area contributed by atoms with E-state index in [2.05, 4.69) is 0 Å². The average molecular weight is 229 g/mol. The highest BCUT2D eigenvalue weighted by atomic mass is 16.5. The molecule has 16 heavy (non-hydrogen) atoms. The lowest BCUT2D eigenvalue weighted by molar-refractivity contribution is -0.139. The van der Waals surface area contributed by atoms with Crippen LogP contribution in [-0.4, -0.2) is 46.4 Å². The van der Waals surface area contributed by atoms with Crippen LogP contribution in [0, 0.1) is 0 Å². The summed E-state index contributed by atoms with van der Waals surface area (Å²) in [4.78, 5) is 23.4. The summed E-state index contributed by atoms with van der Waals surface area (Å²) >= 11 is 0. The van der Waals surface area contributed by atoms with Crippen molar-refractivity contribution in [3.63, 3.8) is 0 Å². The quantitative estimate of drug-likeness (QED) is 0.693. The van der Waals surface area contributed by atoms with Gasteiger partial charge in [-0.1, -0.05) is 0 Å². The fraction of sp³-hybridized carbons (Fsp3) is 0.600. The van der Waals surface area contributed by atoms with Crippen LogP contribution in [0.3, 0.4) is 0 Å².